The highest BCUT2D eigenvalue weighted by Gasteiger charge is 2.24. The molecule has 0 bridgehead atoms. The number of benzene rings is 1. The highest BCUT2D eigenvalue weighted by Crippen LogP contribution is 2.26. The average molecular weight is 331 g/mol. The third-order valence-corrected chi connectivity index (χ3v) is 4.18. The minimum absolute atomic E-state index is 0.0496. The molecule has 1 aliphatic rings. The van der Waals surface area contributed by atoms with E-state index in [1.807, 2.05) is 18.2 Å². The molecule has 1 heterocycles. The number of pyridine rings is 1. The highest BCUT2D eigenvalue weighted by atomic mass is 79.9. The molecule has 1 amide bonds. The van der Waals surface area contributed by atoms with E-state index < -0.39 is 0 Å². The van der Waals surface area contributed by atoms with Crippen molar-refractivity contribution < 1.29 is 4.79 Å². The van der Waals surface area contributed by atoms with Gasteiger partial charge in [-0.05, 0) is 58.5 Å². The summed E-state index contributed by atoms with van der Waals surface area (Å²) < 4.78 is 0.766. The van der Waals surface area contributed by atoms with Crippen LogP contribution in [-0.4, -0.2) is 10.9 Å². The van der Waals surface area contributed by atoms with Crippen molar-refractivity contribution in [3.8, 4) is 0 Å². The van der Waals surface area contributed by atoms with Crippen LogP contribution in [0.15, 0.2) is 47.2 Å². The Hall–Kier alpha value is -1.68. The summed E-state index contributed by atoms with van der Waals surface area (Å²) in [4.78, 5) is 16.4. The van der Waals surface area contributed by atoms with Crippen LogP contribution in [0.3, 0.4) is 0 Å². The molecule has 1 aliphatic carbocycles. The molecule has 1 aromatic heterocycles. The third kappa shape index (κ3) is 2.90. The predicted molar refractivity (Wildman–Crippen MR) is 82.5 cm³/mol. The lowest BCUT2D eigenvalue weighted by Crippen LogP contribution is -2.28. The SMILES string of the molecule is O=C(Nc1ccc(Br)nc1)C1CCc2ccccc2C1. The third-order valence-electron chi connectivity index (χ3n) is 3.71. The molecule has 0 saturated heterocycles. The van der Waals surface area contributed by atoms with Gasteiger partial charge in [-0.1, -0.05) is 24.3 Å². The van der Waals surface area contributed by atoms with Gasteiger partial charge in [-0.25, -0.2) is 4.98 Å². The lowest BCUT2D eigenvalue weighted by molar-refractivity contribution is -0.120. The van der Waals surface area contributed by atoms with Crippen LogP contribution < -0.4 is 5.32 Å². The molecule has 0 saturated carbocycles. The number of aromatic nitrogens is 1. The Kier molecular flexibility index (Phi) is 3.83. The fourth-order valence-electron chi connectivity index (χ4n) is 2.62. The van der Waals surface area contributed by atoms with E-state index in [1.54, 1.807) is 6.20 Å². The molecule has 0 aliphatic heterocycles. The molecule has 1 atom stereocenters. The van der Waals surface area contributed by atoms with Gasteiger partial charge < -0.3 is 5.32 Å². The van der Waals surface area contributed by atoms with Crippen LogP contribution in [0.5, 0.6) is 0 Å². The average Bonchev–Trinajstić information content (AvgIpc) is 2.49. The predicted octanol–water partition coefficient (Wildman–Crippen LogP) is 3.59. The Morgan fingerprint density at radius 2 is 2.00 bits per heavy atom. The molecule has 0 spiro atoms. The number of nitrogens with zero attached hydrogens (tertiary/aromatic N) is 1. The molecule has 1 N–H and O–H groups in total. The number of fused-ring (bicyclic) bond motifs is 1. The number of hydrogen-bond acceptors (Lipinski definition) is 2. The molecule has 20 heavy (non-hydrogen) atoms. The summed E-state index contributed by atoms with van der Waals surface area (Å²) in [6, 6.07) is 12.1. The largest absolute Gasteiger partial charge is 0.324 e. The Morgan fingerprint density at radius 1 is 1.20 bits per heavy atom. The van der Waals surface area contributed by atoms with Gasteiger partial charge in [0.1, 0.15) is 4.60 Å². The maximum absolute atomic E-state index is 12.3. The molecule has 3 nitrogen and oxygen atoms in total. The fourth-order valence-corrected chi connectivity index (χ4v) is 2.85. The van der Waals surface area contributed by atoms with E-state index >= 15 is 0 Å². The maximum atomic E-state index is 12.3. The van der Waals surface area contributed by atoms with E-state index in [9.17, 15) is 4.79 Å². The van der Waals surface area contributed by atoms with Gasteiger partial charge >= 0.3 is 0 Å². The first-order valence-corrected chi connectivity index (χ1v) is 7.51. The Morgan fingerprint density at radius 3 is 2.75 bits per heavy atom. The Balaban J connectivity index is 1.68. The second-order valence-electron chi connectivity index (χ2n) is 5.07. The molecular formula is C16H15BrN2O. The minimum atomic E-state index is 0.0496. The highest BCUT2D eigenvalue weighted by molar-refractivity contribution is 9.10. The van der Waals surface area contributed by atoms with E-state index in [4.69, 9.17) is 0 Å². The first-order valence-electron chi connectivity index (χ1n) is 6.71. The van der Waals surface area contributed by atoms with E-state index in [2.05, 4.69) is 44.4 Å². The summed E-state index contributed by atoms with van der Waals surface area (Å²) >= 11 is 3.28. The van der Waals surface area contributed by atoms with Gasteiger partial charge in [-0.15, -0.1) is 0 Å². The first-order chi connectivity index (χ1) is 9.72. The van der Waals surface area contributed by atoms with Crippen molar-refractivity contribution in [2.24, 2.45) is 5.92 Å². The Labute approximate surface area is 126 Å². The summed E-state index contributed by atoms with van der Waals surface area (Å²) in [5.74, 6) is 0.136. The topological polar surface area (TPSA) is 42.0 Å². The number of hydrogen-bond donors (Lipinski definition) is 1. The standard InChI is InChI=1S/C16H15BrN2O/c17-15-8-7-14(10-18-15)19-16(20)13-6-5-11-3-1-2-4-12(11)9-13/h1-4,7-8,10,13H,5-6,9H2,(H,19,20). The zero-order valence-electron chi connectivity index (χ0n) is 11.0. The molecule has 0 radical (unpaired) electrons. The van der Waals surface area contributed by atoms with Gasteiger partial charge in [0, 0.05) is 5.92 Å². The van der Waals surface area contributed by atoms with Crippen molar-refractivity contribution in [2.45, 2.75) is 19.3 Å². The molecule has 1 unspecified atom stereocenters. The normalized spacial score (nSPS) is 17.4. The van der Waals surface area contributed by atoms with Crippen LogP contribution in [0.1, 0.15) is 17.5 Å². The summed E-state index contributed by atoms with van der Waals surface area (Å²) in [6.07, 6.45) is 4.38. The number of amides is 1. The van der Waals surface area contributed by atoms with Crippen molar-refractivity contribution in [3.63, 3.8) is 0 Å². The van der Waals surface area contributed by atoms with Crippen LogP contribution in [0, 0.1) is 5.92 Å². The van der Waals surface area contributed by atoms with Gasteiger partial charge in [0.2, 0.25) is 5.91 Å². The number of rotatable bonds is 2. The van der Waals surface area contributed by atoms with Gasteiger partial charge in [-0.3, -0.25) is 4.79 Å². The van der Waals surface area contributed by atoms with Gasteiger partial charge in [0.05, 0.1) is 11.9 Å². The van der Waals surface area contributed by atoms with Gasteiger partial charge in [0.25, 0.3) is 0 Å². The zero-order chi connectivity index (χ0) is 13.9. The lowest BCUT2D eigenvalue weighted by Gasteiger charge is -2.23. The molecule has 102 valence electrons. The van der Waals surface area contributed by atoms with Crippen molar-refractivity contribution in [1.82, 2.24) is 4.98 Å². The number of halogens is 1. The zero-order valence-corrected chi connectivity index (χ0v) is 12.6. The summed E-state index contributed by atoms with van der Waals surface area (Å²) in [7, 11) is 0. The number of aryl methyl sites for hydroxylation is 1. The van der Waals surface area contributed by atoms with E-state index in [0.717, 1.165) is 29.6 Å². The van der Waals surface area contributed by atoms with E-state index in [1.165, 1.54) is 11.1 Å². The van der Waals surface area contributed by atoms with Crippen molar-refractivity contribution in [2.75, 3.05) is 5.32 Å². The van der Waals surface area contributed by atoms with Crippen LogP contribution in [0.25, 0.3) is 0 Å². The molecular weight excluding hydrogens is 316 g/mol. The van der Waals surface area contributed by atoms with Crippen LogP contribution in [-0.2, 0) is 17.6 Å². The van der Waals surface area contributed by atoms with Crippen LogP contribution in [0.2, 0.25) is 0 Å². The Bertz CT molecular complexity index is 625. The molecule has 3 rings (SSSR count). The number of nitrogens with one attached hydrogen (secondary N) is 1. The first kappa shape index (κ1) is 13.3. The number of anilines is 1. The maximum Gasteiger partial charge on any atom is 0.227 e. The van der Waals surface area contributed by atoms with E-state index in [-0.39, 0.29) is 11.8 Å². The summed E-state index contributed by atoms with van der Waals surface area (Å²) in [5, 5.41) is 2.95. The monoisotopic (exact) mass is 330 g/mol. The van der Waals surface area contributed by atoms with Gasteiger partial charge in [-0.2, -0.15) is 0 Å². The molecule has 2 aromatic rings. The van der Waals surface area contributed by atoms with E-state index in [0.29, 0.717) is 0 Å². The minimum Gasteiger partial charge on any atom is -0.324 e. The summed E-state index contributed by atoms with van der Waals surface area (Å²) in [5.41, 5.74) is 3.42. The number of carbonyl (C=O) groups excluding carboxylic acids is 1. The smallest absolute Gasteiger partial charge is 0.227 e. The molecule has 4 heteroatoms. The van der Waals surface area contributed by atoms with Crippen LogP contribution >= 0.6 is 15.9 Å². The second-order valence-corrected chi connectivity index (χ2v) is 5.88. The second kappa shape index (κ2) is 5.75. The van der Waals surface area contributed by atoms with Crippen molar-refractivity contribution in [1.29, 1.82) is 0 Å². The van der Waals surface area contributed by atoms with Crippen LogP contribution in [0.4, 0.5) is 5.69 Å². The van der Waals surface area contributed by atoms with Gasteiger partial charge in [0.15, 0.2) is 0 Å². The quantitative estimate of drug-likeness (QED) is 0.855. The fraction of sp³-hybridized carbons (Fsp3) is 0.250. The van der Waals surface area contributed by atoms with Crippen molar-refractivity contribution in [3.05, 3.63) is 58.3 Å². The molecule has 0 fully saturated rings. The summed E-state index contributed by atoms with van der Waals surface area (Å²) in [6.45, 7) is 0. The molecule has 1 aromatic carbocycles. The lowest BCUT2D eigenvalue weighted by atomic mass is 9.83. The van der Waals surface area contributed by atoms with Crippen molar-refractivity contribution >= 4 is 27.5 Å². The number of carbonyl (C=O) groups is 1.